The minimum absolute atomic E-state index is 0.00630. The fourth-order valence-electron chi connectivity index (χ4n) is 1.22. The van der Waals surface area contributed by atoms with Gasteiger partial charge in [-0.05, 0) is 12.1 Å². The van der Waals surface area contributed by atoms with Crippen LogP contribution in [-0.2, 0) is 0 Å². The standard InChI is InChI=1S/C10H11N3O/c1-6(2)8-12-9-7(10(14)13-8)4-3-5-11-9/h3-6H,1-2H3,(H,11,12,13,14). The van der Waals surface area contributed by atoms with E-state index in [0.717, 1.165) is 0 Å². The molecule has 0 fully saturated rings. The van der Waals surface area contributed by atoms with E-state index in [1.54, 1.807) is 18.3 Å². The fourth-order valence-corrected chi connectivity index (χ4v) is 1.22. The number of aromatic nitrogens is 3. The van der Waals surface area contributed by atoms with Crippen molar-refractivity contribution in [2.75, 3.05) is 0 Å². The van der Waals surface area contributed by atoms with Crippen LogP contribution in [0.5, 0.6) is 5.88 Å². The zero-order valence-electron chi connectivity index (χ0n) is 8.10. The topological polar surface area (TPSA) is 58.9 Å². The fraction of sp³-hybridized carbons (Fsp3) is 0.300. The third-order valence-electron chi connectivity index (χ3n) is 1.98. The molecule has 0 spiro atoms. The van der Waals surface area contributed by atoms with Crippen LogP contribution in [0.1, 0.15) is 25.6 Å². The highest BCUT2D eigenvalue weighted by Crippen LogP contribution is 2.21. The zero-order chi connectivity index (χ0) is 10.1. The molecule has 2 rings (SSSR count). The molecule has 0 amide bonds. The second-order valence-corrected chi connectivity index (χ2v) is 3.43. The van der Waals surface area contributed by atoms with E-state index < -0.39 is 0 Å². The molecule has 72 valence electrons. The van der Waals surface area contributed by atoms with Crippen LogP contribution in [0.4, 0.5) is 0 Å². The van der Waals surface area contributed by atoms with Crippen LogP contribution in [0.2, 0.25) is 0 Å². The van der Waals surface area contributed by atoms with Crippen LogP contribution in [0.25, 0.3) is 11.0 Å². The Morgan fingerprint density at radius 1 is 1.29 bits per heavy atom. The molecule has 2 aromatic rings. The zero-order valence-corrected chi connectivity index (χ0v) is 8.10. The van der Waals surface area contributed by atoms with Gasteiger partial charge in [0.2, 0.25) is 5.88 Å². The number of fused-ring (bicyclic) bond motifs is 1. The van der Waals surface area contributed by atoms with Crippen molar-refractivity contribution in [1.82, 2.24) is 15.0 Å². The normalized spacial score (nSPS) is 11.1. The Kier molecular flexibility index (Phi) is 2.04. The maximum Gasteiger partial charge on any atom is 0.223 e. The molecule has 0 unspecified atom stereocenters. The second kappa shape index (κ2) is 3.21. The van der Waals surface area contributed by atoms with E-state index in [9.17, 15) is 5.11 Å². The lowest BCUT2D eigenvalue weighted by molar-refractivity contribution is 0.454. The minimum atomic E-state index is 0.00630. The third kappa shape index (κ3) is 1.39. The van der Waals surface area contributed by atoms with Crippen molar-refractivity contribution in [1.29, 1.82) is 0 Å². The van der Waals surface area contributed by atoms with Crippen molar-refractivity contribution in [2.45, 2.75) is 19.8 Å². The maximum absolute atomic E-state index is 9.61. The van der Waals surface area contributed by atoms with Crippen LogP contribution in [0, 0.1) is 0 Å². The van der Waals surface area contributed by atoms with Crippen LogP contribution in [-0.4, -0.2) is 20.1 Å². The number of hydrogen-bond acceptors (Lipinski definition) is 4. The molecule has 0 aliphatic rings. The summed E-state index contributed by atoms with van der Waals surface area (Å²) in [7, 11) is 0. The molecule has 0 aromatic carbocycles. The minimum Gasteiger partial charge on any atom is -0.493 e. The van der Waals surface area contributed by atoms with Gasteiger partial charge < -0.3 is 5.11 Å². The van der Waals surface area contributed by atoms with Gasteiger partial charge in [-0.3, -0.25) is 0 Å². The molecule has 0 saturated heterocycles. The van der Waals surface area contributed by atoms with Crippen molar-refractivity contribution in [3.05, 3.63) is 24.2 Å². The van der Waals surface area contributed by atoms with Gasteiger partial charge in [-0.1, -0.05) is 13.8 Å². The summed E-state index contributed by atoms with van der Waals surface area (Å²) in [5, 5.41) is 10.2. The summed E-state index contributed by atoms with van der Waals surface area (Å²) in [6.07, 6.45) is 1.65. The van der Waals surface area contributed by atoms with Gasteiger partial charge >= 0.3 is 0 Å². The van der Waals surface area contributed by atoms with Gasteiger partial charge in [0, 0.05) is 12.1 Å². The number of hydrogen-bond donors (Lipinski definition) is 1. The lowest BCUT2D eigenvalue weighted by Gasteiger charge is -2.05. The van der Waals surface area contributed by atoms with E-state index in [1.165, 1.54) is 0 Å². The van der Waals surface area contributed by atoms with Crippen molar-refractivity contribution < 1.29 is 5.11 Å². The van der Waals surface area contributed by atoms with Gasteiger partial charge in [0.15, 0.2) is 5.65 Å². The molecule has 0 aliphatic carbocycles. The maximum atomic E-state index is 9.61. The smallest absolute Gasteiger partial charge is 0.223 e. The summed E-state index contributed by atoms with van der Waals surface area (Å²) in [5.74, 6) is 0.813. The van der Waals surface area contributed by atoms with Crippen LogP contribution in [0.15, 0.2) is 18.3 Å². The number of pyridine rings is 1. The van der Waals surface area contributed by atoms with E-state index in [4.69, 9.17) is 0 Å². The number of nitrogens with zero attached hydrogens (tertiary/aromatic N) is 3. The Morgan fingerprint density at radius 2 is 2.07 bits per heavy atom. The van der Waals surface area contributed by atoms with Gasteiger partial charge in [-0.2, -0.15) is 4.98 Å². The van der Waals surface area contributed by atoms with Crippen molar-refractivity contribution >= 4 is 11.0 Å². The van der Waals surface area contributed by atoms with E-state index in [2.05, 4.69) is 15.0 Å². The molecule has 1 N–H and O–H groups in total. The summed E-state index contributed by atoms with van der Waals surface area (Å²) in [4.78, 5) is 12.3. The molecule has 0 radical (unpaired) electrons. The first-order valence-corrected chi connectivity index (χ1v) is 4.50. The molecule has 4 nitrogen and oxygen atoms in total. The Labute approximate surface area is 81.7 Å². The van der Waals surface area contributed by atoms with E-state index in [-0.39, 0.29) is 11.8 Å². The highest BCUT2D eigenvalue weighted by molar-refractivity contribution is 5.79. The summed E-state index contributed by atoms with van der Waals surface area (Å²) < 4.78 is 0. The molecular weight excluding hydrogens is 178 g/mol. The van der Waals surface area contributed by atoms with Crippen LogP contribution >= 0.6 is 0 Å². The monoisotopic (exact) mass is 189 g/mol. The lowest BCUT2D eigenvalue weighted by Crippen LogP contribution is -1.98. The van der Waals surface area contributed by atoms with Gasteiger partial charge in [-0.25, -0.2) is 9.97 Å². The molecule has 2 heterocycles. The quantitative estimate of drug-likeness (QED) is 0.743. The van der Waals surface area contributed by atoms with Crippen molar-refractivity contribution in [2.24, 2.45) is 0 Å². The second-order valence-electron chi connectivity index (χ2n) is 3.43. The van der Waals surface area contributed by atoms with Gasteiger partial charge in [-0.15, -0.1) is 0 Å². The summed E-state index contributed by atoms with van der Waals surface area (Å²) in [6, 6.07) is 3.50. The molecule has 0 bridgehead atoms. The molecule has 2 aromatic heterocycles. The lowest BCUT2D eigenvalue weighted by atomic mass is 10.2. The van der Waals surface area contributed by atoms with E-state index in [0.29, 0.717) is 16.9 Å². The number of rotatable bonds is 1. The third-order valence-corrected chi connectivity index (χ3v) is 1.98. The first kappa shape index (κ1) is 8.87. The highest BCUT2D eigenvalue weighted by Gasteiger charge is 2.09. The predicted octanol–water partition coefficient (Wildman–Crippen LogP) is 1.85. The van der Waals surface area contributed by atoms with Gasteiger partial charge in [0.05, 0.1) is 5.39 Å². The van der Waals surface area contributed by atoms with E-state index >= 15 is 0 Å². The Morgan fingerprint density at radius 3 is 2.79 bits per heavy atom. The molecular formula is C10H11N3O. The average molecular weight is 189 g/mol. The summed E-state index contributed by atoms with van der Waals surface area (Å²) in [5.41, 5.74) is 0.545. The Balaban J connectivity index is 2.72. The van der Waals surface area contributed by atoms with E-state index in [1.807, 2.05) is 13.8 Å². The van der Waals surface area contributed by atoms with Gasteiger partial charge in [0.1, 0.15) is 5.82 Å². The molecule has 0 aliphatic heterocycles. The highest BCUT2D eigenvalue weighted by atomic mass is 16.3. The Bertz CT molecular complexity index is 468. The molecule has 4 heteroatoms. The Hall–Kier alpha value is -1.71. The van der Waals surface area contributed by atoms with Crippen molar-refractivity contribution in [3.8, 4) is 5.88 Å². The SMILES string of the molecule is CC(C)c1nc(O)c2cccnc2n1. The van der Waals surface area contributed by atoms with Crippen LogP contribution in [0.3, 0.4) is 0 Å². The molecule has 0 saturated carbocycles. The van der Waals surface area contributed by atoms with Gasteiger partial charge in [0.25, 0.3) is 0 Å². The largest absolute Gasteiger partial charge is 0.493 e. The first-order chi connectivity index (χ1) is 6.68. The summed E-state index contributed by atoms with van der Waals surface area (Å²) >= 11 is 0. The average Bonchev–Trinajstić information content (AvgIpc) is 2.17. The first-order valence-electron chi connectivity index (χ1n) is 4.50. The number of aromatic hydroxyl groups is 1. The predicted molar refractivity (Wildman–Crippen MR) is 53.1 cm³/mol. The molecule has 14 heavy (non-hydrogen) atoms. The van der Waals surface area contributed by atoms with Crippen molar-refractivity contribution in [3.63, 3.8) is 0 Å². The van der Waals surface area contributed by atoms with Crippen LogP contribution < -0.4 is 0 Å². The summed E-state index contributed by atoms with van der Waals surface area (Å²) in [6.45, 7) is 3.95. The molecule has 0 atom stereocenters.